The lowest BCUT2D eigenvalue weighted by atomic mass is 10.1. The minimum absolute atomic E-state index is 0.0735. The SMILES string of the molecule is CN1CCCN(c2ccc3cc(C(=O)N4CCCC4)c4nc5ccccc5n4c3n2)CC1. The van der Waals surface area contributed by atoms with Crippen LogP contribution in [0.1, 0.15) is 29.6 Å². The van der Waals surface area contributed by atoms with E-state index in [1.807, 2.05) is 29.2 Å². The van der Waals surface area contributed by atoms with E-state index in [2.05, 4.69) is 39.4 Å². The number of carbonyl (C=O) groups is 1. The predicted molar refractivity (Wildman–Crippen MR) is 127 cm³/mol. The first-order chi connectivity index (χ1) is 15.7. The zero-order chi connectivity index (χ0) is 21.7. The number of amides is 1. The molecule has 1 aromatic carbocycles. The largest absolute Gasteiger partial charge is 0.355 e. The summed E-state index contributed by atoms with van der Waals surface area (Å²) in [4.78, 5) is 30.1. The van der Waals surface area contributed by atoms with E-state index >= 15 is 0 Å². The monoisotopic (exact) mass is 428 g/mol. The molecule has 2 saturated heterocycles. The van der Waals surface area contributed by atoms with Gasteiger partial charge >= 0.3 is 0 Å². The molecule has 5 heterocycles. The molecule has 6 rings (SSSR count). The van der Waals surface area contributed by atoms with Crippen molar-refractivity contribution in [2.24, 2.45) is 0 Å². The van der Waals surface area contributed by atoms with Gasteiger partial charge in [-0.25, -0.2) is 9.97 Å². The summed E-state index contributed by atoms with van der Waals surface area (Å²) in [5, 5.41) is 0.971. The number of hydrogen-bond donors (Lipinski definition) is 0. The van der Waals surface area contributed by atoms with E-state index in [9.17, 15) is 4.79 Å². The van der Waals surface area contributed by atoms with Crippen LogP contribution in [0.3, 0.4) is 0 Å². The van der Waals surface area contributed by atoms with Crippen LogP contribution in [-0.4, -0.2) is 76.4 Å². The maximum absolute atomic E-state index is 13.4. The van der Waals surface area contributed by atoms with E-state index in [4.69, 9.17) is 9.97 Å². The molecule has 3 aromatic heterocycles. The zero-order valence-electron chi connectivity index (χ0n) is 18.5. The van der Waals surface area contributed by atoms with Crippen molar-refractivity contribution in [3.05, 3.63) is 48.0 Å². The molecule has 7 heteroatoms. The third kappa shape index (κ3) is 3.19. The van der Waals surface area contributed by atoms with Crippen LogP contribution < -0.4 is 4.90 Å². The number of fused-ring (bicyclic) bond motifs is 5. The second kappa shape index (κ2) is 7.74. The molecule has 0 unspecified atom stereocenters. The third-order valence-electron chi connectivity index (χ3n) is 6.87. The quantitative estimate of drug-likeness (QED) is 0.490. The van der Waals surface area contributed by atoms with Gasteiger partial charge in [-0.1, -0.05) is 12.1 Å². The molecule has 0 bridgehead atoms. The standard InChI is InChI=1S/C25H28N6O/c1-28-11-6-14-29(16-15-28)22-10-9-18-17-19(25(32)30-12-4-5-13-30)24-26-20-7-2-3-8-21(20)31(24)23(18)27-22/h2-3,7-10,17H,4-6,11-16H2,1H3. The lowest BCUT2D eigenvalue weighted by Crippen LogP contribution is -2.29. The van der Waals surface area contributed by atoms with Crippen molar-refractivity contribution < 1.29 is 4.79 Å². The van der Waals surface area contributed by atoms with E-state index in [0.717, 1.165) is 86.4 Å². The highest BCUT2D eigenvalue weighted by Gasteiger charge is 2.25. The second-order valence-electron chi connectivity index (χ2n) is 9.04. The highest BCUT2D eigenvalue weighted by Crippen LogP contribution is 2.28. The molecule has 4 aromatic rings. The number of pyridine rings is 2. The van der Waals surface area contributed by atoms with Gasteiger partial charge in [-0.15, -0.1) is 0 Å². The normalized spacial score (nSPS) is 18.2. The first-order valence-corrected chi connectivity index (χ1v) is 11.6. The Balaban J connectivity index is 1.56. The van der Waals surface area contributed by atoms with Gasteiger partial charge < -0.3 is 14.7 Å². The minimum atomic E-state index is 0.0735. The van der Waals surface area contributed by atoms with E-state index in [1.54, 1.807) is 0 Å². The van der Waals surface area contributed by atoms with Crippen LogP contribution in [0.4, 0.5) is 5.82 Å². The molecule has 2 fully saturated rings. The highest BCUT2D eigenvalue weighted by molar-refractivity contribution is 6.05. The molecule has 0 spiro atoms. The van der Waals surface area contributed by atoms with Crippen LogP contribution in [0.5, 0.6) is 0 Å². The Bertz CT molecular complexity index is 1320. The first kappa shape index (κ1) is 19.5. The number of imidazole rings is 1. The number of nitrogens with zero attached hydrogens (tertiary/aromatic N) is 6. The Kier molecular flexibility index (Phi) is 4.72. The van der Waals surface area contributed by atoms with Crippen molar-refractivity contribution in [1.29, 1.82) is 0 Å². The van der Waals surface area contributed by atoms with Crippen LogP contribution >= 0.6 is 0 Å². The number of rotatable bonds is 2. The Morgan fingerprint density at radius 2 is 1.69 bits per heavy atom. The number of anilines is 1. The van der Waals surface area contributed by atoms with Gasteiger partial charge in [0.25, 0.3) is 5.91 Å². The van der Waals surface area contributed by atoms with E-state index < -0.39 is 0 Å². The van der Waals surface area contributed by atoms with Gasteiger partial charge in [-0.3, -0.25) is 9.20 Å². The number of carbonyl (C=O) groups excluding carboxylic acids is 1. The number of likely N-dealkylation sites (N-methyl/N-ethyl adjacent to an activating group) is 1. The summed E-state index contributed by atoms with van der Waals surface area (Å²) in [7, 11) is 2.18. The van der Waals surface area contributed by atoms with E-state index in [1.165, 1.54) is 0 Å². The van der Waals surface area contributed by atoms with E-state index in [0.29, 0.717) is 11.2 Å². The van der Waals surface area contributed by atoms with Crippen LogP contribution in [0, 0.1) is 0 Å². The van der Waals surface area contributed by atoms with Crippen molar-refractivity contribution in [3.63, 3.8) is 0 Å². The van der Waals surface area contributed by atoms with Crippen molar-refractivity contribution in [3.8, 4) is 0 Å². The average molecular weight is 429 g/mol. The van der Waals surface area contributed by atoms with Gasteiger partial charge in [-0.2, -0.15) is 0 Å². The molecular formula is C25H28N6O. The van der Waals surface area contributed by atoms with Crippen LogP contribution in [0.2, 0.25) is 0 Å². The number of benzene rings is 1. The number of para-hydroxylation sites is 2. The first-order valence-electron chi connectivity index (χ1n) is 11.6. The average Bonchev–Trinajstić information content (AvgIpc) is 3.43. The molecule has 1 amide bonds. The summed E-state index contributed by atoms with van der Waals surface area (Å²) in [6.07, 6.45) is 3.27. The highest BCUT2D eigenvalue weighted by atomic mass is 16.2. The van der Waals surface area contributed by atoms with Gasteiger partial charge in [0.1, 0.15) is 11.5 Å². The maximum Gasteiger partial charge on any atom is 0.257 e. The van der Waals surface area contributed by atoms with Crippen molar-refractivity contribution >= 4 is 39.4 Å². The molecular weight excluding hydrogens is 400 g/mol. The van der Waals surface area contributed by atoms with Gasteiger partial charge in [0.15, 0.2) is 5.65 Å². The Hall–Kier alpha value is -3.19. The Morgan fingerprint density at radius 3 is 2.56 bits per heavy atom. The molecule has 164 valence electrons. The lowest BCUT2D eigenvalue weighted by Gasteiger charge is -2.22. The number of aromatic nitrogens is 3. The van der Waals surface area contributed by atoms with Crippen molar-refractivity contribution in [2.45, 2.75) is 19.3 Å². The summed E-state index contributed by atoms with van der Waals surface area (Å²) in [5.74, 6) is 1.06. The van der Waals surface area contributed by atoms with Crippen molar-refractivity contribution in [1.82, 2.24) is 24.2 Å². The molecule has 0 aliphatic carbocycles. The minimum Gasteiger partial charge on any atom is -0.355 e. The fraction of sp³-hybridized carbons (Fsp3) is 0.400. The smallest absolute Gasteiger partial charge is 0.257 e. The second-order valence-corrected chi connectivity index (χ2v) is 9.04. The molecule has 2 aliphatic rings. The maximum atomic E-state index is 13.4. The van der Waals surface area contributed by atoms with Crippen LogP contribution in [0.15, 0.2) is 42.5 Å². The van der Waals surface area contributed by atoms with Gasteiger partial charge in [-0.05, 0) is 63.2 Å². The lowest BCUT2D eigenvalue weighted by molar-refractivity contribution is 0.0794. The number of hydrogen-bond acceptors (Lipinski definition) is 5. The van der Waals surface area contributed by atoms with E-state index in [-0.39, 0.29) is 5.91 Å². The Labute approximate surface area is 187 Å². The summed E-state index contributed by atoms with van der Waals surface area (Å²) in [6.45, 7) is 5.76. The molecule has 0 saturated carbocycles. The van der Waals surface area contributed by atoms with Gasteiger partial charge in [0, 0.05) is 38.1 Å². The van der Waals surface area contributed by atoms with Crippen LogP contribution in [0.25, 0.3) is 27.7 Å². The Morgan fingerprint density at radius 1 is 0.844 bits per heavy atom. The molecule has 0 radical (unpaired) electrons. The molecule has 32 heavy (non-hydrogen) atoms. The van der Waals surface area contributed by atoms with Crippen LogP contribution in [-0.2, 0) is 0 Å². The van der Waals surface area contributed by atoms with Gasteiger partial charge in [0.2, 0.25) is 0 Å². The molecule has 0 N–H and O–H groups in total. The summed E-state index contributed by atoms with van der Waals surface area (Å²) in [6, 6.07) is 14.3. The fourth-order valence-corrected chi connectivity index (χ4v) is 5.08. The summed E-state index contributed by atoms with van der Waals surface area (Å²) >= 11 is 0. The molecule has 7 nitrogen and oxygen atoms in total. The molecule has 0 atom stereocenters. The molecule has 2 aliphatic heterocycles. The zero-order valence-corrected chi connectivity index (χ0v) is 18.5. The predicted octanol–water partition coefficient (Wildman–Crippen LogP) is 3.41. The number of likely N-dealkylation sites (tertiary alicyclic amines) is 1. The third-order valence-corrected chi connectivity index (χ3v) is 6.87. The summed E-state index contributed by atoms with van der Waals surface area (Å²) in [5.41, 5.74) is 4.11. The van der Waals surface area contributed by atoms with Gasteiger partial charge in [0.05, 0.1) is 16.6 Å². The fourth-order valence-electron chi connectivity index (χ4n) is 5.08. The topological polar surface area (TPSA) is 57.0 Å². The van der Waals surface area contributed by atoms with Crippen molar-refractivity contribution in [2.75, 3.05) is 51.2 Å². The summed E-state index contributed by atoms with van der Waals surface area (Å²) < 4.78 is 2.08.